The van der Waals surface area contributed by atoms with Crippen molar-refractivity contribution >= 4 is 49.7 Å². The summed E-state index contributed by atoms with van der Waals surface area (Å²) in [5.41, 5.74) is 1.06. The summed E-state index contributed by atoms with van der Waals surface area (Å²) in [6, 6.07) is 6.79. The Balaban J connectivity index is 1.92. The maximum absolute atomic E-state index is 12.0. The molecule has 2 aromatic rings. The van der Waals surface area contributed by atoms with Gasteiger partial charge in [0.15, 0.2) is 5.13 Å². The summed E-state index contributed by atoms with van der Waals surface area (Å²) < 4.78 is 30.6. The summed E-state index contributed by atoms with van der Waals surface area (Å²) in [5.74, 6) is -0.426. The number of anilines is 2. The number of methoxy groups -OCH3 is 1. The molecule has 0 aliphatic heterocycles. The maximum atomic E-state index is 12.0. The first-order valence-corrected chi connectivity index (χ1v) is 9.78. The van der Waals surface area contributed by atoms with Crippen molar-refractivity contribution in [2.45, 2.75) is 6.42 Å². The van der Waals surface area contributed by atoms with E-state index in [2.05, 4.69) is 15.0 Å². The Morgan fingerprint density at radius 2 is 2.21 bits per heavy atom. The number of hydrogen-bond acceptors (Lipinski definition) is 6. The fraction of sp³-hybridized carbons (Fsp3) is 0.286. The summed E-state index contributed by atoms with van der Waals surface area (Å²) in [5, 5.41) is 5.07. The van der Waals surface area contributed by atoms with Gasteiger partial charge in [0.2, 0.25) is 15.9 Å². The molecule has 0 aliphatic carbocycles. The first-order chi connectivity index (χ1) is 11.4. The van der Waals surface area contributed by atoms with Crippen LogP contribution >= 0.6 is 22.9 Å². The van der Waals surface area contributed by atoms with Gasteiger partial charge in [0.1, 0.15) is 0 Å². The maximum Gasteiger partial charge on any atom is 0.236 e. The van der Waals surface area contributed by atoms with E-state index in [1.807, 2.05) is 0 Å². The number of ether oxygens (including phenoxy) is 1. The van der Waals surface area contributed by atoms with Crippen LogP contribution in [0, 0.1) is 0 Å². The van der Waals surface area contributed by atoms with Crippen LogP contribution in [0.4, 0.5) is 10.8 Å². The molecule has 10 heteroatoms. The number of aromatic nitrogens is 1. The van der Waals surface area contributed by atoms with E-state index in [0.29, 0.717) is 16.4 Å². The molecule has 2 rings (SSSR count). The number of amides is 1. The highest BCUT2D eigenvalue weighted by atomic mass is 35.5. The van der Waals surface area contributed by atoms with E-state index in [1.165, 1.54) is 7.11 Å². The van der Waals surface area contributed by atoms with Crippen LogP contribution in [0.15, 0.2) is 29.6 Å². The SMILES string of the molecule is COCCS(=O)(=O)Nc1nc(CC(=O)Nc2cccc(Cl)c2)cs1. The van der Waals surface area contributed by atoms with Gasteiger partial charge in [0, 0.05) is 23.2 Å². The summed E-state index contributed by atoms with van der Waals surface area (Å²) >= 11 is 6.97. The predicted molar refractivity (Wildman–Crippen MR) is 95.2 cm³/mol. The van der Waals surface area contributed by atoms with Crippen LogP contribution in [0.1, 0.15) is 5.69 Å². The third-order valence-corrected chi connectivity index (χ3v) is 5.18. The molecule has 0 radical (unpaired) electrons. The third-order valence-electron chi connectivity index (χ3n) is 2.80. The van der Waals surface area contributed by atoms with Crippen molar-refractivity contribution in [3.8, 4) is 0 Å². The number of rotatable bonds is 8. The van der Waals surface area contributed by atoms with Crippen LogP contribution in [-0.4, -0.2) is 38.8 Å². The minimum absolute atomic E-state index is 0.0306. The number of thiazole rings is 1. The summed E-state index contributed by atoms with van der Waals surface area (Å²) in [6.07, 6.45) is 0.0306. The molecule has 24 heavy (non-hydrogen) atoms. The van der Waals surface area contributed by atoms with E-state index in [1.54, 1.807) is 29.6 Å². The van der Waals surface area contributed by atoms with Crippen molar-refractivity contribution in [2.75, 3.05) is 29.5 Å². The fourth-order valence-electron chi connectivity index (χ4n) is 1.75. The van der Waals surface area contributed by atoms with Crippen molar-refractivity contribution in [1.29, 1.82) is 0 Å². The Morgan fingerprint density at radius 1 is 1.42 bits per heavy atom. The predicted octanol–water partition coefficient (Wildman–Crippen LogP) is 2.37. The van der Waals surface area contributed by atoms with Crippen molar-refractivity contribution < 1.29 is 17.9 Å². The summed E-state index contributed by atoms with van der Waals surface area (Å²) in [6.45, 7) is 0.0929. The van der Waals surface area contributed by atoms with Gasteiger partial charge in [-0.3, -0.25) is 9.52 Å². The van der Waals surface area contributed by atoms with Crippen LogP contribution in [0.3, 0.4) is 0 Å². The number of nitrogens with zero attached hydrogens (tertiary/aromatic N) is 1. The van der Waals surface area contributed by atoms with E-state index in [0.717, 1.165) is 11.3 Å². The molecule has 1 heterocycles. The van der Waals surface area contributed by atoms with E-state index in [-0.39, 0.29) is 29.8 Å². The Morgan fingerprint density at radius 3 is 2.92 bits per heavy atom. The second kappa shape index (κ2) is 8.43. The fourth-order valence-corrected chi connectivity index (χ4v) is 3.87. The van der Waals surface area contributed by atoms with Gasteiger partial charge in [-0.05, 0) is 18.2 Å². The molecular weight excluding hydrogens is 374 g/mol. The number of nitrogens with one attached hydrogen (secondary N) is 2. The Labute approximate surface area is 149 Å². The number of hydrogen-bond donors (Lipinski definition) is 2. The molecule has 7 nitrogen and oxygen atoms in total. The van der Waals surface area contributed by atoms with Crippen molar-refractivity contribution in [1.82, 2.24) is 4.98 Å². The van der Waals surface area contributed by atoms with Crippen LogP contribution in [0.2, 0.25) is 5.02 Å². The molecule has 0 unspecified atom stereocenters. The van der Waals surface area contributed by atoms with Gasteiger partial charge in [-0.2, -0.15) is 0 Å². The molecule has 0 aliphatic rings. The minimum atomic E-state index is -3.51. The standard InChI is InChI=1S/C14H16ClN3O4S2/c1-22-5-6-24(20,21)18-14-17-12(9-23-14)8-13(19)16-11-4-2-3-10(15)7-11/h2-4,7,9H,5-6,8H2,1H3,(H,16,19)(H,17,18). The van der Waals surface area contributed by atoms with Crippen molar-refractivity contribution in [3.05, 3.63) is 40.4 Å². The molecule has 0 fully saturated rings. The minimum Gasteiger partial charge on any atom is -0.384 e. The smallest absolute Gasteiger partial charge is 0.236 e. The molecule has 1 aromatic heterocycles. The average molecular weight is 390 g/mol. The molecule has 2 N–H and O–H groups in total. The number of carbonyl (C=O) groups excluding carboxylic acids is 1. The van der Waals surface area contributed by atoms with Gasteiger partial charge < -0.3 is 10.1 Å². The van der Waals surface area contributed by atoms with Gasteiger partial charge in [0.05, 0.1) is 24.5 Å². The van der Waals surface area contributed by atoms with Crippen molar-refractivity contribution in [3.63, 3.8) is 0 Å². The number of benzene rings is 1. The highest BCUT2D eigenvalue weighted by Gasteiger charge is 2.14. The topological polar surface area (TPSA) is 97.4 Å². The second-order valence-electron chi connectivity index (χ2n) is 4.79. The molecule has 1 amide bonds. The number of carbonyl (C=O) groups is 1. The quantitative estimate of drug-likeness (QED) is 0.722. The van der Waals surface area contributed by atoms with Crippen LogP contribution in [-0.2, 0) is 26.0 Å². The Kier molecular flexibility index (Phi) is 6.55. The third kappa shape index (κ3) is 6.08. The summed E-state index contributed by atoms with van der Waals surface area (Å²) in [7, 11) is -2.08. The largest absolute Gasteiger partial charge is 0.384 e. The molecule has 1 aromatic carbocycles. The van der Waals surface area contributed by atoms with E-state index in [4.69, 9.17) is 16.3 Å². The number of halogens is 1. The second-order valence-corrected chi connectivity index (χ2v) is 7.93. The van der Waals surface area contributed by atoms with E-state index in [9.17, 15) is 13.2 Å². The van der Waals surface area contributed by atoms with Gasteiger partial charge in [-0.25, -0.2) is 13.4 Å². The van der Waals surface area contributed by atoms with Gasteiger partial charge >= 0.3 is 0 Å². The van der Waals surface area contributed by atoms with Gasteiger partial charge in [0.25, 0.3) is 0 Å². The first-order valence-electron chi connectivity index (χ1n) is 6.87. The van der Waals surface area contributed by atoms with Crippen LogP contribution in [0.5, 0.6) is 0 Å². The summed E-state index contributed by atoms with van der Waals surface area (Å²) in [4.78, 5) is 16.1. The molecule has 0 bridgehead atoms. The molecule has 0 atom stereocenters. The molecule has 130 valence electrons. The zero-order valence-corrected chi connectivity index (χ0v) is 15.2. The lowest BCUT2D eigenvalue weighted by atomic mass is 10.3. The zero-order valence-electron chi connectivity index (χ0n) is 12.8. The van der Waals surface area contributed by atoms with E-state index >= 15 is 0 Å². The van der Waals surface area contributed by atoms with Crippen molar-refractivity contribution in [2.24, 2.45) is 0 Å². The highest BCUT2D eigenvalue weighted by molar-refractivity contribution is 7.92. The van der Waals surface area contributed by atoms with Crippen LogP contribution in [0.25, 0.3) is 0 Å². The monoisotopic (exact) mass is 389 g/mol. The van der Waals surface area contributed by atoms with Gasteiger partial charge in [-0.15, -0.1) is 11.3 Å². The lowest BCUT2D eigenvalue weighted by molar-refractivity contribution is -0.115. The Bertz CT molecular complexity index is 808. The highest BCUT2D eigenvalue weighted by Crippen LogP contribution is 2.19. The van der Waals surface area contributed by atoms with E-state index < -0.39 is 10.0 Å². The molecule has 0 saturated heterocycles. The van der Waals surface area contributed by atoms with Gasteiger partial charge in [-0.1, -0.05) is 17.7 Å². The zero-order chi connectivity index (χ0) is 17.6. The normalized spacial score (nSPS) is 11.2. The molecule has 0 saturated carbocycles. The molecule has 0 spiro atoms. The first kappa shape index (κ1) is 18.7. The number of sulfonamides is 1. The Hall–Kier alpha value is -1.68. The average Bonchev–Trinajstić information content (AvgIpc) is 2.91. The van der Waals surface area contributed by atoms with Crippen LogP contribution < -0.4 is 10.0 Å². The molecular formula is C14H16ClN3O4S2. The lowest BCUT2D eigenvalue weighted by Crippen LogP contribution is -2.19. The lowest BCUT2D eigenvalue weighted by Gasteiger charge is -2.04.